The Morgan fingerprint density at radius 2 is 1.14 bits per heavy atom. The van der Waals surface area contributed by atoms with E-state index in [0.29, 0.717) is 23.9 Å². The van der Waals surface area contributed by atoms with Crippen LogP contribution in [0.5, 0.6) is 11.5 Å². The van der Waals surface area contributed by atoms with Gasteiger partial charge in [0.15, 0.2) is 5.82 Å². The lowest BCUT2D eigenvalue weighted by molar-refractivity contribution is -0.153. The number of nitrogens with zero attached hydrogens (tertiary/aromatic N) is 2. The van der Waals surface area contributed by atoms with Crippen LogP contribution in [0.25, 0.3) is 11.4 Å². The molecular weight excluding hydrogens is 549 g/mol. The van der Waals surface area contributed by atoms with Gasteiger partial charge in [0.2, 0.25) is 0 Å². The van der Waals surface area contributed by atoms with Crippen molar-refractivity contribution < 1.29 is 22.6 Å². The van der Waals surface area contributed by atoms with Crippen molar-refractivity contribution in [2.75, 3.05) is 13.2 Å². The first-order valence-electron chi connectivity index (χ1n) is 16.2. The summed E-state index contributed by atoms with van der Waals surface area (Å²) in [4.78, 5) is 9.04. The van der Waals surface area contributed by atoms with Gasteiger partial charge in [-0.3, -0.25) is 0 Å². The number of halogens is 3. The Hall–Kier alpha value is -3.09. The Morgan fingerprint density at radius 3 is 1.72 bits per heavy atom. The predicted molar refractivity (Wildman–Crippen MR) is 169 cm³/mol. The van der Waals surface area contributed by atoms with E-state index in [1.807, 2.05) is 24.5 Å². The lowest BCUT2D eigenvalue weighted by atomic mass is 9.95. The molecule has 0 saturated carbocycles. The zero-order valence-corrected chi connectivity index (χ0v) is 26.0. The van der Waals surface area contributed by atoms with Gasteiger partial charge in [-0.05, 0) is 73.2 Å². The van der Waals surface area contributed by atoms with Gasteiger partial charge in [0.05, 0.1) is 19.1 Å². The summed E-state index contributed by atoms with van der Waals surface area (Å²) < 4.78 is 53.0. The highest BCUT2D eigenvalue weighted by Crippen LogP contribution is 2.38. The van der Waals surface area contributed by atoms with Crippen LogP contribution in [0.4, 0.5) is 13.2 Å². The molecule has 0 radical (unpaired) electrons. The second kappa shape index (κ2) is 19.2. The van der Waals surface area contributed by atoms with Crippen molar-refractivity contribution >= 4 is 0 Å². The summed E-state index contributed by atoms with van der Waals surface area (Å²) in [7, 11) is 0. The second-order valence-electron chi connectivity index (χ2n) is 11.4. The first-order valence-corrected chi connectivity index (χ1v) is 16.2. The SMILES string of the molecule is CCCCCCCCCCc1cnc(-c2ccc(OCCC(c3ccc(OCCCCCC)cc3)C(F)(F)F)cc2)nc1. The number of aromatic nitrogens is 2. The van der Waals surface area contributed by atoms with Crippen LogP contribution in [0.3, 0.4) is 0 Å². The molecule has 0 saturated heterocycles. The number of hydrogen-bond acceptors (Lipinski definition) is 4. The minimum Gasteiger partial charge on any atom is -0.494 e. The summed E-state index contributed by atoms with van der Waals surface area (Å²) >= 11 is 0. The minimum atomic E-state index is -4.37. The van der Waals surface area contributed by atoms with Crippen molar-refractivity contribution in [2.45, 2.75) is 116 Å². The monoisotopic (exact) mass is 598 g/mol. The molecular formula is C36H49F3N2O2. The van der Waals surface area contributed by atoms with Crippen molar-refractivity contribution in [3.05, 3.63) is 72.1 Å². The smallest absolute Gasteiger partial charge is 0.395 e. The largest absolute Gasteiger partial charge is 0.494 e. The van der Waals surface area contributed by atoms with Crippen LogP contribution in [0.2, 0.25) is 0 Å². The molecule has 0 amide bonds. The van der Waals surface area contributed by atoms with Crippen LogP contribution in [-0.4, -0.2) is 29.4 Å². The highest BCUT2D eigenvalue weighted by molar-refractivity contribution is 5.55. The molecule has 0 bridgehead atoms. The van der Waals surface area contributed by atoms with Crippen molar-refractivity contribution in [1.82, 2.24) is 9.97 Å². The number of ether oxygens (including phenoxy) is 2. The molecule has 0 fully saturated rings. The predicted octanol–water partition coefficient (Wildman–Crippen LogP) is 10.9. The van der Waals surface area contributed by atoms with Gasteiger partial charge < -0.3 is 9.47 Å². The molecule has 1 aromatic heterocycles. The molecule has 0 N–H and O–H groups in total. The van der Waals surface area contributed by atoms with E-state index in [1.165, 1.54) is 57.1 Å². The van der Waals surface area contributed by atoms with Gasteiger partial charge >= 0.3 is 6.18 Å². The maximum atomic E-state index is 13.9. The third-order valence-corrected chi connectivity index (χ3v) is 7.76. The molecule has 1 heterocycles. The summed E-state index contributed by atoms with van der Waals surface area (Å²) in [5.74, 6) is 0.127. The van der Waals surface area contributed by atoms with Crippen molar-refractivity contribution in [3.63, 3.8) is 0 Å². The Balaban J connectivity index is 1.43. The fourth-order valence-electron chi connectivity index (χ4n) is 5.13. The van der Waals surface area contributed by atoms with E-state index in [-0.39, 0.29) is 18.6 Å². The Labute approximate surface area is 256 Å². The van der Waals surface area contributed by atoms with Crippen molar-refractivity contribution in [2.24, 2.45) is 0 Å². The molecule has 1 unspecified atom stereocenters. The van der Waals surface area contributed by atoms with E-state index in [0.717, 1.165) is 49.7 Å². The summed E-state index contributed by atoms with van der Waals surface area (Å²) in [6.07, 6.45) is 14.9. The van der Waals surface area contributed by atoms with Gasteiger partial charge in [0, 0.05) is 18.0 Å². The van der Waals surface area contributed by atoms with E-state index < -0.39 is 12.1 Å². The number of alkyl halides is 3. The minimum absolute atomic E-state index is 0.0524. The molecule has 0 spiro atoms. The standard InChI is InChI=1S/C36H49F3N2O2/c1-3-5-7-9-10-11-12-13-15-29-27-40-35(41-28-29)31-18-22-33(23-19-31)43-26-24-34(36(37,38)39)30-16-20-32(21-17-30)42-25-14-8-6-4-2/h16-23,27-28,34H,3-15,24-26H2,1-2H3. The number of aryl methyl sites for hydroxylation is 1. The van der Waals surface area contributed by atoms with E-state index in [9.17, 15) is 13.2 Å². The van der Waals surface area contributed by atoms with Crippen molar-refractivity contribution in [1.29, 1.82) is 0 Å². The van der Waals surface area contributed by atoms with Gasteiger partial charge in [-0.15, -0.1) is 0 Å². The summed E-state index contributed by atoms with van der Waals surface area (Å²) in [6, 6.07) is 13.4. The van der Waals surface area contributed by atoms with Gasteiger partial charge in [-0.25, -0.2) is 9.97 Å². The molecule has 43 heavy (non-hydrogen) atoms. The average molecular weight is 599 g/mol. The van der Waals surface area contributed by atoms with Crippen LogP contribution in [0.1, 0.15) is 114 Å². The fourth-order valence-corrected chi connectivity index (χ4v) is 5.13. The van der Waals surface area contributed by atoms with Crippen LogP contribution in [0, 0.1) is 0 Å². The first kappa shape index (κ1) is 34.4. The molecule has 3 rings (SSSR count). The quantitative estimate of drug-likeness (QED) is 0.114. The third-order valence-electron chi connectivity index (χ3n) is 7.76. The van der Waals surface area contributed by atoms with E-state index in [1.54, 1.807) is 24.3 Å². The highest BCUT2D eigenvalue weighted by atomic mass is 19.4. The molecule has 3 aromatic rings. The molecule has 0 aliphatic carbocycles. The van der Waals surface area contributed by atoms with Crippen LogP contribution in [-0.2, 0) is 6.42 Å². The molecule has 236 valence electrons. The topological polar surface area (TPSA) is 44.2 Å². The number of unbranched alkanes of at least 4 members (excludes halogenated alkanes) is 10. The maximum Gasteiger partial charge on any atom is 0.395 e. The molecule has 1 atom stereocenters. The van der Waals surface area contributed by atoms with Gasteiger partial charge in [0.1, 0.15) is 11.5 Å². The van der Waals surface area contributed by atoms with E-state index >= 15 is 0 Å². The van der Waals surface area contributed by atoms with Crippen molar-refractivity contribution in [3.8, 4) is 22.9 Å². The highest BCUT2D eigenvalue weighted by Gasteiger charge is 2.40. The third kappa shape index (κ3) is 13.0. The molecule has 0 aliphatic heterocycles. The Morgan fingerprint density at radius 1 is 0.628 bits per heavy atom. The second-order valence-corrected chi connectivity index (χ2v) is 11.4. The van der Waals surface area contributed by atoms with Crippen LogP contribution in [0.15, 0.2) is 60.9 Å². The summed E-state index contributed by atoms with van der Waals surface area (Å²) in [5.41, 5.74) is 2.19. The van der Waals surface area contributed by atoms with Gasteiger partial charge in [-0.2, -0.15) is 13.2 Å². The summed E-state index contributed by atoms with van der Waals surface area (Å²) in [5, 5.41) is 0. The zero-order chi connectivity index (χ0) is 30.8. The number of rotatable bonds is 21. The Kier molecular flexibility index (Phi) is 15.4. The zero-order valence-electron chi connectivity index (χ0n) is 26.0. The van der Waals surface area contributed by atoms with Crippen LogP contribution < -0.4 is 9.47 Å². The lowest BCUT2D eigenvalue weighted by Crippen LogP contribution is -2.23. The first-order chi connectivity index (χ1) is 20.9. The van der Waals surface area contributed by atoms with E-state index in [2.05, 4.69) is 23.8 Å². The summed E-state index contributed by atoms with van der Waals surface area (Å²) in [6.45, 7) is 4.91. The lowest BCUT2D eigenvalue weighted by Gasteiger charge is -2.21. The molecule has 2 aromatic carbocycles. The fraction of sp³-hybridized carbons (Fsp3) is 0.556. The normalized spacial score (nSPS) is 12.3. The molecule has 4 nitrogen and oxygen atoms in total. The Bertz CT molecular complexity index is 1130. The molecule has 7 heteroatoms. The van der Waals surface area contributed by atoms with E-state index in [4.69, 9.17) is 9.47 Å². The average Bonchev–Trinajstić information content (AvgIpc) is 3.01. The number of hydrogen-bond donors (Lipinski definition) is 0. The number of benzene rings is 2. The van der Waals surface area contributed by atoms with Gasteiger partial charge in [0.25, 0.3) is 0 Å². The maximum absolute atomic E-state index is 13.9. The van der Waals surface area contributed by atoms with Crippen LogP contribution >= 0.6 is 0 Å². The van der Waals surface area contributed by atoms with Gasteiger partial charge in [-0.1, -0.05) is 90.2 Å². The molecule has 0 aliphatic rings.